The highest BCUT2D eigenvalue weighted by atomic mass is 79.9. The van der Waals surface area contributed by atoms with E-state index in [2.05, 4.69) is 36.1 Å². The number of aromatic nitrogens is 2. The lowest BCUT2D eigenvalue weighted by molar-refractivity contribution is 0.172. The molecule has 1 aromatic heterocycles. The fourth-order valence-electron chi connectivity index (χ4n) is 2.17. The maximum atomic E-state index is 13.3. The largest absolute Gasteiger partial charge is 0.411 e. The van der Waals surface area contributed by atoms with Crippen molar-refractivity contribution in [3.8, 4) is 0 Å². The number of hydrogen-bond acceptors (Lipinski definition) is 8. The lowest BCUT2D eigenvalue weighted by Crippen LogP contribution is -2.23. The summed E-state index contributed by atoms with van der Waals surface area (Å²) >= 11 is 3.10. The van der Waals surface area contributed by atoms with Gasteiger partial charge in [0.25, 0.3) is 0 Å². The summed E-state index contributed by atoms with van der Waals surface area (Å²) in [5.41, 5.74) is 1.64. The van der Waals surface area contributed by atoms with Crippen molar-refractivity contribution in [2.24, 2.45) is 5.16 Å². The van der Waals surface area contributed by atoms with E-state index in [1.165, 1.54) is 13.1 Å². The average Bonchev–Trinajstić information content (AvgIpc) is 3.10. The first-order chi connectivity index (χ1) is 12.9. The van der Waals surface area contributed by atoms with E-state index in [0.717, 1.165) is 0 Å². The number of oxime groups is 1. The third kappa shape index (κ3) is 6.34. The van der Waals surface area contributed by atoms with Gasteiger partial charge in [-0.05, 0) is 58.7 Å². The zero-order chi connectivity index (χ0) is 19.9. The number of aryl methyl sites for hydroxylation is 1. The van der Waals surface area contributed by atoms with Crippen molar-refractivity contribution in [1.29, 1.82) is 0 Å². The SMILES string of the molecule is CNS(=O)(=O)COCCCc1nonc1/C(Cc1ccc(F)c(Br)c1)=N/O. The van der Waals surface area contributed by atoms with Gasteiger partial charge >= 0.3 is 0 Å². The van der Waals surface area contributed by atoms with E-state index >= 15 is 0 Å². The van der Waals surface area contributed by atoms with Gasteiger partial charge in [0.2, 0.25) is 10.0 Å². The predicted octanol–water partition coefficient (Wildman–Crippen LogP) is 1.85. The second kappa shape index (κ2) is 9.88. The standard InChI is InChI=1S/C15H18BrFN4O5S/c1-18-27(23,24)9-25-6-2-3-13-15(21-26-20-13)14(19-22)8-10-4-5-12(17)11(16)7-10/h4-5,7,18,22H,2-3,6,8-9H2,1H3/b19-14+. The minimum absolute atomic E-state index is 0.184. The summed E-state index contributed by atoms with van der Waals surface area (Å²) in [7, 11) is -2.11. The Balaban J connectivity index is 1.96. The molecule has 2 rings (SSSR count). The molecule has 0 aliphatic rings. The van der Waals surface area contributed by atoms with Crippen LogP contribution in [0.15, 0.2) is 32.5 Å². The molecule has 0 aliphatic heterocycles. The summed E-state index contributed by atoms with van der Waals surface area (Å²) in [5, 5.41) is 20.1. The van der Waals surface area contributed by atoms with Gasteiger partial charge in [0.1, 0.15) is 17.2 Å². The summed E-state index contributed by atoms with van der Waals surface area (Å²) in [6.45, 7) is 0.184. The third-order valence-electron chi connectivity index (χ3n) is 3.56. The molecule has 0 fully saturated rings. The van der Waals surface area contributed by atoms with Gasteiger partial charge in [0, 0.05) is 13.0 Å². The van der Waals surface area contributed by atoms with Crippen LogP contribution in [0.2, 0.25) is 0 Å². The molecule has 0 saturated heterocycles. The molecule has 1 aromatic carbocycles. The molecule has 0 amide bonds. The molecule has 2 N–H and O–H groups in total. The van der Waals surface area contributed by atoms with Gasteiger partial charge in [-0.15, -0.1) is 0 Å². The first kappa shape index (κ1) is 21.4. The molecule has 0 aliphatic carbocycles. The highest BCUT2D eigenvalue weighted by Crippen LogP contribution is 2.19. The number of sulfonamides is 1. The van der Waals surface area contributed by atoms with Gasteiger partial charge in [-0.25, -0.2) is 22.2 Å². The van der Waals surface area contributed by atoms with Crippen molar-refractivity contribution in [2.75, 3.05) is 19.6 Å². The molecule has 12 heteroatoms. The number of ether oxygens (including phenoxy) is 1. The molecule has 2 aromatic rings. The Morgan fingerprint density at radius 3 is 2.89 bits per heavy atom. The van der Waals surface area contributed by atoms with E-state index in [1.54, 1.807) is 12.1 Å². The number of hydrogen-bond donors (Lipinski definition) is 2. The maximum Gasteiger partial charge on any atom is 0.235 e. The normalized spacial score (nSPS) is 12.5. The average molecular weight is 465 g/mol. The van der Waals surface area contributed by atoms with Crippen LogP contribution in [0.5, 0.6) is 0 Å². The number of nitrogens with zero attached hydrogens (tertiary/aromatic N) is 3. The minimum atomic E-state index is -3.42. The van der Waals surface area contributed by atoms with Gasteiger partial charge in [-0.1, -0.05) is 16.4 Å². The van der Waals surface area contributed by atoms with Gasteiger partial charge in [-0.3, -0.25) is 0 Å². The van der Waals surface area contributed by atoms with Gasteiger partial charge in [0.15, 0.2) is 11.6 Å². The fourth-order valence-corrected chi connectivity index (χ4v) is 3.05. The van der Waals surface area contributed by atoms with Crippen LogP contribution in [-0.4, -0.2) is 49.2 Å². The Morgan fingerprint density at radius 2 is 2.22 bits per heavy atom. The van der Waals surface area contributed by atoms with Crippen molar-refractivity contribution in [2.45, 2.75) is 19.3 Å². The molecule has 0 radical (unpaired) electrons. The smallest absolute Gasteiger partial charge is 0.235 e. The molecule has 0 unspecified atom stereocenters. The molecule has 0 saturated carbocycles. The molecule has 1 heterocycles. The summed E-state index contributed by atoms with van der Waals surface area (Å²) in [6.07, 6.45) is 1.03. The Morgan fingerprint density at radius 1 is 1.44 bits per heavy atom. The van der Waals surface area contributed by atoms with Crippen molar-refractivity contribution in [1.82, 2.24) is 15.0 Å². The topological polar surface area (TPSA) is 127 Å². The number of benzene rings is 1. The Labute approximate surface area is 163 Å². The molecular formula is C15H18BrFN4O5S. The second-order valence-electron chi connectivity index (χ2n) is 5.48. The zero-order valence-electron chi connectivity index (χ0n) is 14.4. The van der Waals surface area contributed by atoms with E-state index in [0.29, 0.717) is 28.6 Å². The van der Waals surface area contributed by atoms with Crippen LogP contribution in [0, 0.1) is 5.82 Å². The van der Waals surface area contributed by atoms with Gasteiger partial charge in [0.05, 0.1) is 4.47 Å². The summed E-state index contributed by atoms with van der Waals surface area (Å²) in [6, 6.07) is 4.44. The molecule has 0 bridgehead atoms. The van der Waals surface area contributed by atoms with E-state index in [4.69, 9.17) is 9.37 Å². The van der Waals surface area contributed by atoms with Gasteiger partial charge < -0.3 is 9.94 Å². The van der Waals surface area contributed by atoms with E-state index in [1.807, 2.05) is 0 Å². The minimum Gasteiger partial charge on any atom is -0.411 e. The highest BCUT2D eigenvalue weighted by Gasteiger charge is 2.18. The van der Waals surface area contributed by atoms with E-state index < -0.39 is 21.8 Å². The first-order valence-electron chi connectivity index (χ1n) is 7.82. The zero-order valence-corrected chi connectivity index (χ0v) is 16.8. The van der Waals surface area contributed by atoms with Crippen LogP contribution < -0.4 is 4.72 Å². The second-order valence-corrected chi connectivity index (χ2v) is 8.21. The quantitative estimate of drug-likeness (QED) is 0.237. The molecule has 27 heavy (non-hydrogen) atoms. The molecule has 0 atom stereocenters. The van der Waals surface area contributed by atoms with Crippen molar-refractivity contribution in [3.63, 3.8) is 0 Å². The van der Waals surface area contributed by atoms with E-state index in [-0.39, 0.29) is 24.4 Å². The van der Waals surface area contributed by atoms with Crippen LogP contribution in [0.3, 0.4) is 0 Å². The summed E-state index contributed by atoms with van der Waals surface area (Å²) in [5.74, 6) is -0.832. The number of nitrogens with one attached hydrogen (secondary N) is 1. The molecular weight excluding hydrogens is 447 g/mol. The first-order valence-corrected chi connectivity index (χ1v) is 10.3. The van der Waals surface area contributed by atoms with Gasteiger partial charge in [-0.2, -0.15) is 0 Å². The highest BCUT2D eigenvalue weighted by molar-refractivity contribution is 9.10. The van der Waals surface area contributed by atoms with Crippen molar-refractivity contribution in [3.05, 3.63) is 45.4 Å². The maximum absolute atomic E-state index is 13.3. The van der Waals surface area contributed by atoms with E-state index in [9.17, 15) is 18.0 Å². The summed E-state index contributed by atoms with van der Waals surface area (Å²) in [4.78, 5) is 0. The van der Waals surface area contributed by atoms with Crippen LogP contribution >= 0.6 is 15.9 Å². The Hall–Kier alpha value is -1.89. The number of halogens is 2. The van der Waals surface area contributed by atoms with Crippen LogP contribution in [0.25, 0.3) is 0 Å². The Kier molecular flexibility index (Phi) is 7.83. The lowest BCUT2D eigenvalue weighted by Gasteiger charge is -2.06. The molecule has 9 nitrogen and oxygen atoms in total. The Bertz CT molecular complexity index is 903. The van der Waals surface area contributed by atoms with Crippen LogP contribution in [0.1, 0.15) is 23.4 Å². The molecule has 0 spiro atoms. The lowest BCUT2D eigenvalue weighted by atomic mass is 10.0. The molecule has 148 valence electrons. The van der Waals surface area contributed by atoms with Crippen molar-refractivity contribution >= 4 is 31.7 Å². The van der Waals surface area contributed by atoms with Crippen LogP contribution in [-0.2, 0) is 27.6 Å². The monoisotopic (exact) mass is 464 g/mol. The summed E-state index contributed by atoms with van der Waals surface area (Å²) < 4.78 is 48.1. The fraction of sp³-hybridized carbons (Fsp3) is 0.400. The predicted molar refractivity (Wildman–Crippen MR) is 97.5 cm³/mol. The van der Waals surface area contributed by atoms with Crippen molar-refractivity contribution < 1.29 is 27.4 Å². The van der Waals surface area contributed by atoms with Crippen LogP contribution in [0.4, 0.5) is 4.39 Å². The third-order valence-corrected chi connectivity index (χ3v) is 5.26. The number of rotatable bonds is 10.